The molecule has 1 N–H and O–H groups in total. The third-order valence-corrected chi connectivity index (χ3v) is 5.28. The van der Waals surface area contributed by atoms with Gasteiger partial charge in [0.15, 0.2) is 12.1 Å². The van der Waals surface area contributed by atoms with Gasteiger partial charge in [0.25, 0.3) is 0 Å². The van der Waals surface area contributed by atoms with Gasteiger partial charge in [-0.15, -0.1) is 0 Å². The molecule has 0 bridgehead atoms. The van der Waals surface area contributed by atoms with Crippen molar-refractivity contribution < 1.29 is 67.4 Å². The van der Waals surface area contributed by atoms with E-state index in [4.69, 9.17) is 0 Å². The third-order valence-electron chi connectivity index (χ3n) is 5.28. The number of aldehydes is 1. The van der Waals surface area contributed by atoms with Crippen LogP contribution >= 0.6 is 0 Å². The number of carbonyl (C=O) groups excluding carboxylic acids is 2. The summed E-state index contributed by atoms with van der Waals surface area (Å²) in [6.07, 6.45) is -21.5. The smallest absolute Gasteiger partial charge is 0.416 e. The van der Waals surface area contributed by atoms with Gasteiger partial charge in [0.2, 0.25) is 0 Å². The lowest BCUT2D eigenvalue weighted by Gasteiger charge is -2.16. The molecule has 0 radical (unpaired) electrons. The number of hydrogen-bond donors (Lipinski definition) is 1. The van der Waals surface area contributed by atoms with Crippen molar-refractivity contribution in [2.75, 3.05) is 0 Å². The van der Waals surface area contributed by atoms with Gasteiger partial charge in [-0.05, 0) is 59.7 Å². The van der Waals surface area contributed by atoms with Crippen molar-refractivity contribution in [3.05, 3.63) is 87.5 Å². The first-order valence-electron chi connectivity index (χ1n) is 10.1. The Bertz CT molecular complexity index is 1380. The van der Waals surface area contributed by atoms with Crippen LogP contribution in [0, 0.1) is 0 Å². The van der Waals surface area contributed by atoms with Gasteiger partial charge in [0.05, 0.1) is 33.4 Å². The number of rotatable bonds is 4. The molecule has 0 aliphatic carbocycles. The fourth-order valence-electron chi connectivity index (χ4n) is 3.45. The number of phenols is 1. The summed E-state index contributed by atoms with van der Waals surface area (Å²) in [5.74, 6) is -3.02. The van der Waals surface area contributed by atoms with Gasteiger partial charge in [0.1, 0.15) is 5.75 Å². The van der Waals surface area contributed by atoms with Crippen molar-refractivity contribution in [1.82, 2.24) is 0 Å². The van der Waals surface area contributed by atoms with E-state index in [-0.39, 0.29) is 42.7 Å². The van der Waals surface area contributed by atoms with Gasteiger partial charge >= 0.3 is 24.7 Å². The van der Waals surface area contributed by atoms with Crippen LogP contribution in [0.5, 0.6) is 5.75 Å². The molecule has 3 nitrogen and oxygen atoms in total. The van der Waals surface area contributed by atoms with E-state index < -0.39 is 86.3 Å². The largest absolute Gasteiger partial charge is 0.506 e. The maximum atomic E-state index is 13.3. The van der Waals surface area contributed by atoms with Crippen LogP contribution < -0.4 is 0 Å². The van der Waals surface area contributed by atoms with Gasteiger partial charge < -0.3 is 5.11 Å². The van der Waals surface area contributed by atoms with Crippen LogP contribution in [0.2, 0.25) is 0 Å². The third kappa shape index (κ3) is 6.34. The van der Waals surface area contributed by atoms with Crippen LogP contribution in [0.1, 0.15) is 48.5 Å². The van der Waals surface area contributed by atoms with E-state index in [1.165, 1.54) is 0 Å². The molecule has 3 aromatic carbocycles. The number of hydrogen-bond acceptors (Lipinski definition) is 3. The average molecular weight is 574 g/mol. The Morgan fingerprint density at radius 3 is 1.28 bits per heavy atom. The second-order valence-corrected chi connectivity index (χ2v) is 8.00. The zero-order valence-electron chi connectivity index (χ0n) is 18.5. The van der Waals surface area contributed by atoms with Crippen molar-refractivity contribution in [2.24, 2.45) is 0 Å². The number of aromatic hydroxyl groups is 1. The van der Waals surface area contributed by atoms with Crippen LogP contribution in [-0.2, 0) is 24.7 Å². The molecule has 0 amide bonds. The lowest BCUT2D eigenvalue weighted by Crippen LogP contribution is -2.14. The van der Waals surface area contributed by atoms with Crippen LogP contribution in [0.4, 0.5) is 52.7 Å². The number of ketones is 1. The molecule has 0 saturated heterocycles. The molecule has 0 aliphatic rings. The first-order valence-corrected chi connectivity index (χ1v) is 10.1. The highest BCUT2D eigenvalue weighted by Crippen LogP contribution is 2.41. The molecule has 0 saturated carbocycles. The van der Waals surface area contributed by atoms with Crippen LogP contribution in [-0.4, -0.2) is 17.2 Å². The quantitative estimate of drug-likeness (QED) is 0.194. The molecule has 0 aliphatic heterocycles. The zero-order chi connectivity index (χ0) is 29.7. The molecule has 39 heavy (non-hydrogen) atoms. The molecule has 15 heteroatoms. The van der Waals surface area contributed by atoms with E-state index in [0.717, 1.165) is 0 Å². The van der Waals surface area contributed by atoms with E-state index in [1.54, 1.807) is 0 Å². The number of halogens is 12. The SMILES string of the molecule is O=Cc1cc(-c2cc(C(F)(F)F)cc(C(F)(F)F)c2)cc(C(=O)c2cc(C(F)(F)F)cc(C(F)(F)F)c2)c1O. The average Bonchev–Trinajstić information content (AvgIpc) is 2.81. The molecule has 0 unspecified atom stereocenters. The Labute approximate surface area is 209 Å². The highest BCUT2D eigenvalue weighted by Gasteiger charge is 2.39. The highest BCUT2D eigenvalue weighted by molar-refractivity contribution is 6.12. The summed E-state index contributed by atoms with van der Waals surface area (Å²) in [6.45, 7) is 0. The summed E-state index contributed by atoms with van der Waals surface area (Å²) in [6, 6.07) is 0.901. The highest BCUT2D eigenvalue weighted by atomic mass is 19.4. The molecule has 0 aromatic heterocycles. The van der Waals surface area contributed by atoms with Crippen LogP contribution in [0.15, 0.2) is 48.5 Å². The van der Waals surface area contributed by atoms with E-state index in [9.17, 15) is 67.4 Å². The number of phenolic OH excluding ortho intramolecular Hbond substituents is 1. The molecule has 0 fully saturated rings. The maximum absolute atomic E-state index is 13.3. The van der Waals surface area contributed by atoms with Gasteiger partial charge in [-0.1, -0.05) is 0 Å². The van der Waals surface area contributed by atoms with Crippen LogP contribution in [0.3, 0.4) is 0 Å². The van der Waals surface area contributed by atoms with Gasteiger partial charge in [-0.2, -0.15) is 52.7 Å². The van der Waals surface area contributed by atoms with Gasteiger partial charge in [-0.3, -0.25) is 9.59 Å². The summed E-state index contributed by atoms with van der Waals surface area (Å²) in [5, 5.41) is 10.3. The summed E-state index contributed by atoms with van der Waals surface area (Å²) < 4.78 is 159. The predicted molar refractivity (Wildman–Crippen MR) is 109 cm³/mol. The fourth-order valence-corrected chi connectivity index (χ4v) is 3.45. The Hall–Kier alpha value is -4.04. The summed E-state index contributed by atoms with van der Waals surface area (Å²) in [5.41, 5.74) is -12.4. The normalized spacial score (nSPS) is 12.9. The van der Waals surface area contributed by atoms with Crippen molar-refractivity contribution in [1.29, 1.82) is 0 Å². The first kappa shape index (κ1) is 29.5. The summed E-state index contributed by atoms with van der Waals surface area (Å²) in [7, 11) is 0. The lowest BCUT2D eigenvalue weighted by atomic mass is 9.91. The van der Waals surface area contributed by atoms with Crippen molar-refractivity contribution >= 4 is 12.1 Å². The summed E-state index contributed by atoms with van der Waals surface area (Å²) in [4.78, 5) is 24.4. The Balaban J connectivity index is 2.31. The number of benzene rings is 3. The van der Waals surface area contributed by atoms with Crippen molar-refractivity contribution in [3.8, 4) is 16.9 Å². The van der Waals surface area contributed by atoms with E-state index in [2.05, 4.69) is 0 Å². The molecule has 3 rings (SSSR count). The second kappa shape index (κ2) is 9.61. The number of alkyl halides is 12. The maximum Gasteiger partial charge on any atom is 0.416 e. The standard InChI is InChI=1S/C24H10F12O3/c25-21(26,27)14-2-11(3-15(7-14)22(28,29)30)10-1-13(9-37)20(39)18(6-10)19(38)12-4-16(23(31,32)33)8-17(5-12)24(34,35)36/h1-9,39H. The van der Waals surface area contributed by atoms with Crippen LogP contribution in [0.25, 0.3) is 11.1 Å². The summed E-state index contributed by atoms with van der Waals surface area (Å²) >= 11 is 0. The minimum absolute atomic E-state index is 0.00367. The van der Waals surface area contributed by atoms with Crippen molar-refractivity contribution in [3.63, 3.8) is 0 Å². The van der Waals surface area contributed by atoms with Crippen molar-refractivity contribution in [2.45, 2.75) is 24.7 Å². The lowest BCUT2D eigenvalue weighted by molar-refractivity contribution is -0.144. The zero-order valence-corrected chi connectivity index (χ0v) is 18.5. The molecule has 208 valence electrons. The molecule has 0 spiro atoms. The Morgan fingerprint density at radius 1 is 0.564 bits per heavy atom. The van der Waals surface area contributed by atoms with E-state index >= 15 is 0 Å². The molecule has 3 aromatic rings. The molecule has 0 atom stereocenters. The van der Waals surface area contributed by atoms with E-state index in [0.29, 0.717) is 12.1 Å². The molecular weight excluding hydrogens is 564 g/mol. The predicted octanol–water partition coefficient (Wildman–Crippen LogP) is 8.18. The minimum atomic E-state index is -5.37. The first-order chi connectivity index (χ1) is 17.6. The topological polar surface area (TPSA) is 54.4 Å². The monoisotopic (exact) mass is 574 g/mol. The minimum Gasteiger partial charge on any atom is -0.506 e. The fraction of sp³-hybridized carbons (Fsp3) is 0.167. The second-order valence-electron chi connectivity index (χ2n) is 8.00. The molecular formula is C24H10F12O3. The Morgan fingerprint density at radius 2 is 0.923 bits per heavy atom. The number of carbonyl (C=O) groups is 2. The molecule has 0 heterocycles. The van der Waals surface area contributed by atoms with Gasteiger partial charge in [-0.25, -0.2) is 0 Å². The Kier molecular flexibility index (Phi) is 7.27. The van der Waals surface area contributed by atoms with Gasteiger partial charge in [0, 0.05) is 5.56 Å². The van der Waals surface area contributed by atoms with E-state index in [1.807, 2.05) is 0 Å².